The molecule has 1 N–H and O–H groups in total. The average Bonchev–Trinajstić information content (AvgIpc) is 2.61. The number of allylic oxidation sites excluding steroid dienone is 5. The second-order valence-electron chi connectivity index (χ2n) is 4.64. The van der Waals surface area contributed by atoms with E-state index >= 15 is 0 Å². The molecule has 0 spiro atoms. The number of aliphatic imine (C=N–C) groups is 1. The Morgan fingerprint density at radius 2 is 1.95 bits per heavy atom. The van der Waals surface area contributed by atoms with Crippen LogP contribution in [-0.2, 0) is 10.0 Å². The highest BCUT2D eigenvalue weighted by atomic mass is 32.2. The number of hydrazone groups is 1. The molecular formula is C16H17N3O2S. The molecule has 0 radical (unpaired) electrons. The van der Waals surface area contributed by atoms with Crippen molar-refractivity contribution in [3.05, 3.63) is 65.8 Å². The molecule has 2 rings (SSSR count). The van der Waals surface area contributed by atoms with Crippen LogP contribution >= 0.6 is 0 Å². The van der Waals surface area contributed by atoms with Gasteiger partial charge >= 0.3 is 0 Å². The van der Waals surface area contributed by atoms with E-state index in [1.807, 2.05) is 31.2 Å². The molecule has 1 aromatic carbocycles. The van der Waals surface area contributed by atoms with E-state index in [2.05, 4.69) is 14.9 Å². The van der Waals surface area contributed by atoms with Crippen LogP contribution in [0, 0.1) is 6.92 Å². The lowest BCUT2D eigenvalue weighted by Gasteiger charge is -2.03. The van der Waals surface area contributed by atoms with Gasteiger partial charge in [-0.25, -0.2) is 4.83 Å². The topological polar surface area (TPSA) is 70.9 Å². The highest BCUT2D eigenvalue weighted by Gasteiger charge is 2.11. The van der Waals surface area contributed by atoms with Crippen LogP contribution in [0.3, 0.4) is 0 Å². The molecule has 0 saturated heterocycles. The fourth-order valence-corrected chi connectivity index (χ4v) is 2.44. The Morgan fingerprint density at radius 1 is 1.18 bits per heavy atom. The molecule has 5 nitrogen and oxygen atoms in total. The molecule has 1 aromatic rings. The zero-order chi connectivity index (χ0) is 15.8. The van der Waals surface area contributed by atoms with Crippen molar-refractivity contribution in [1.29, 1.82) is 0 Å². The standard InChI is InChI=1S/C16H17N3O2S/c1-14-7-9-16(10-8-14)22(20,21)19-18-13-15-6-4-2-3-5-11-17-12-15/h2-10,12-13,19H,11H2,1H3/b4-2-,5-3-,15-6-,17-12?,18-13+. The third-order valence-electron chi connectivity index (χ3n) is 2.82. The summed E-state index contributed by atoms with van der Waals surface area (Å²) in [6.45, 7) is 2.47. The van der Waals surface area contributed by atoms with E-state index in [9.17, 15) is 8.42 Å². The summed E-state index contributed by atoms with van der Waals surface area (Å²) in [5, 5.41) is 3.79. The zero-order valence-electron chi connectivity index (χ0n) is 12.2. The number of rotatable bonds is 4. The molecule has 0 aliphatic carbocycles. The van der Waals surface area contributed by atoms with Crippen molar-refractivity contribution >= 4 is 22.5 Å². The van der Waals surface area contributed by atoms with Gasteiger partial charge in [-0.3, -0.25) is 4.99 Å². The minimum Gasteiger partial charge on any atom is -0.288 e. The van der Waals surface area contributed by atoms with Crippen LogP contribution in [0.2, 0.25) is 0 Å². The summed E-state index contributed by atoms with van der Waals surface area (Å²) in [6.07, 6.45) is 12.4. The SMILES string of the molecule is Cc1ccc(S(=O)(=O)N/N=C/C2=C\C=C/C=C\CN=C2)cc1. The third-order valence-corrected chi connectivity index (χ3v) is 4.05. The second-order valence-corrected chi connectivity index (χ2v) is 6.30. The van der Waals surface area contributed by atoms with Crippen molar-refractivity contribution in [2.75, 3.05) is 6.54 Å². The molecule has 1 aliphatic heterocycles. The molecule has 1 aliphatic rings. The van der Waals surface area contributed by atoms with Gasteiger partial charge in [0.25, 0.3) is 10.0 Å². The maximum atomic E-state index is 12.1. The van der Waals surface area contributed by atoms with E-state index in [4.69, 9.17) is 0 Å². The predicted octanol–water partition coefficient (Wildman–Crippen LogP) is 2.38. The maximum absolute atomic E-state index is 12.1. The van der Waals surface area contributed by atoms with Gasteiger partial charge in [0.1, 0.15) is 0 Å². The van der Waals surface area contributed by atoms with E-state index in [-0.39, 0.29) is 4.90 Å². The van der Waals surface area contributed by atoms with Crippen LogP contribution in [0.1, 0.15) is 5.56 Å². The Kier molecular flexibility index (Phi) is 5.43. The molecule has 1 heterocycles. The van der Waals surface area contributed by atoms with E-state index in [1.54, 1.807) is 36.6 Å². The lowest BCUT2D eigenvalue weighted by atomic mass is 10.2. The normalized spacial score (nSPS) is 20.5. The average molecular weight is 315 g/mol. The van der Waals surface area contributed by atoms with Crippen molar-refractivity contribution < 1.29 is 8.42 Å². The van der Waals surface area contributed by atoms with E-state index in [1.165, 1.54) is 6.21 Å². The maximum Gasteiger partial charge on any atom is 0.276 e. The van der Waals surface area contributed by atoms with Crippen LogP contribution in [-0.4, -0.2) is 27.4 Å². The molecule has 22 heavy (non-hydrogen) atoms. The number of nitrogens with one attached hydrogen (secondary N) is 1. The monoisotopic (exact) mass is 315 g/mol. The predicted molar refractivity (Wildman–Crippen MR) is 89.7 cm³/mol. The lowest BCUT2D eigenvalue weighted by molar-refractivity contribution is 0.584. The van der Waals surface area contributed by atoms with Crippen LogP contribution in [0.25, 0.3) is 0 Å². The molecule has 114 valence electrons. The van der Waals surface area contributed by atoms with Crippen molar-refractivity contribution in [2.45, 2.75) is 11.8 Å². The van der Waals surface area contributed by atoms with Gasteiger partial charge in [-0.2, -0.15) is 13.5 Å². The first-order valence-electron chi connectivity index (χ1n) is 6.73. The summed E-state index contributed by atoms with van der Waals surface area (Å²) in [4.78, 5) is 6.54. The molecular weight excluding hydrogens is 298 g/mol. The van der Waals surface area contributed by atoms with Gasteiger partial charge in [0.05, 0.1) is 17.7 Å². The number of aryl methyl sites for hydroxylation is 1. The van der Waals surface area contributed by atoms with Gasteiger partial charge in [-0.05, 0) is 19.1 Å². The molecule has 0 saturated carbocycles. The van der Waals surface area contributed by atoms with Crippen LogP contribution in [0.4, 0.5) is 0 Å². The Morgan fingerprint density at radius 3 is 2.73 bits per heavy atom. The summed E-state index contributed by atoms with van der Waals surface area (Å²) < 4.78 is 24.1. The van der Waals surface area contributed by atoms with Crippen molar-refractivity contribution in [3.8, 4) is 0 Å². The Labute approximate surface area is 130 Å². The summed E-state index contributed by atoms with van der Waals surface area (Å²) in [6, 6.07) is 6.57. The van der Waals surface area contributed by atoms with Crippen LogP contribution in [0.15, 0.2) is 75.2 Å². The first kappa shape index (κ1) is 15.9. The Bertz CT molecular complexity index is 755. The van der Waals surface area contributed by atoms with Crippen molar-refractivity contribution in [3.63, 3.8) is 0 Å². The highest BCUT2D eigenvalue weighted by Crippen LogP contribution is 2.09. The number of sulfonamides is 1. The quantitative estimate of drug-likeness (QED) is 0.684. The Balaban J connectivity index is 2.07. The van der Waals surface area contributed by atoms with Crippen molar-refractivity contribution in [2.24, 2.45) is 10.1 Å². The summed E-state index contributed by atoms with van der Waals surface area (Å²) in [7, 11) is -3.65. The minimum atomic E-state index is -3.65. The molecule has 0 bridgehead atoms. The van der Waals surface area contributed by atoms with Crippen LogP contribution < -0.4 is 4.83 Å². The largest absolute Gasteiger partial charge is 0.288 e. The number of hydrogen-bond acceptors (Lipinski definition) is 4. The van der Waals surface area contributed by atoms with Gasteiger partial charge in [-0.15, -0.1) is 0 Å². The first-order valence-corrected chi connectivity index (χ1v) is 8.21. The fraction of sp³-hybridized carbons (Fsp3) is 0.125. The molecule has 0 fully saturated rings. The van der Waals surface area contributed by atoms with E-state index in [0.717, 1.165) is 5.56 Å². The molecule has 6 heteroatoms. The first-order chi connectivity index (χ1) is 10.6. The smallest absolute Gasteiger partial charge is 0.276 e. The van der Waals surface area contributed by atoms with Crippen LogP contribution in [0.5, 0.6) is 0 Å². The minimum absolute atomic E-state index is 0.177. The molecule has 0 atom stereocenters. The van der Waals surface area contributed by atoms with Gasteiger partial charge in [-0.1, -0.05) is 48.1 Å². The van der Waals surface area contributed by atoms with Gasteiger partial charge in [0.15, 0.2) is 0 Å². The number of nitrogens with zero attached hydrogens (tertiary/aromatic N) is 2. The van der Waals surface area contributed by atoms with Gasteiger partial charge in [0.2, 0.25) is 0 Å². The summed E-state index contributed by atoms with van der Waals surface area (Å²) in [5.74, 6) is 0. The summed E-state index contributed by atoms with van der Waals surface area (Å²) >= 11 is 0. The lowest BCUT2D eigenvalue weighted by Crippen LogP contribution is -2.18. The van der Waals surface area contributed by atoms with Gasteiger partial charge in [0, 0.05) is 11.8 Å². The molecule has 0 aromatic heterocycles. The van der Waals surface area contributed by atoms with Gasteiger partial charge < -0.3 is 0 Å². The number of hydrogen-bond donors (Lipinski definition) is 1. The third kappa shape index (κ3) is 4.82. The summed E-state index contributed by atoms with van der Waals surface area (Å²) in [5.41, 5.74) is 1.70. The Hall–Kier alpha value is -2.47. The second kappa shape index (κ2) is 7.51. The highest BCUT2D eigenvalue weighted by molar-refractivity contribution is 7.89. The van der Waals surface area contributed by atoms with E-state index < -0.39 is 10.0 Å². The van der Waals surface area contributed by atoms with E-state index in [0.29, 0.717) is 12.1 Å². The fourth-order valence-electron chi connectivity index (χ4n) is 1.65. The van der Waals surface area contributed by atoms with Crippen molar-refractivity contribution in [1.82, 2.24) is 4.83 Å². The molecule has 0 unspecified atom stereocenters. The number of benzene rings is 1. The molecule has 0 amide bonds. The zero-order valence-corrected chi connectivity index (χ0v) is 13.0.